The van der Waals surface area contributed by atoms with E-state index >= 15 is 0 Å². The average Bonchev–Trinajstić information content (AvgIpc) is 3.00. The first-order valence-electron chi connectivity index (χ1n) is 6.74. The van der Waals surface area contributed by atoms with Crippen molar-refractivity contribution in [2.45, 2.75) is 25.8 Å². The van der Waals surface area contributed by atoms with E-state index in [0.29, 0.717) is 6.54 Å². The molecule has 1 fully saturated rings. The topological polar surface area (TPSA) is 54.2 Å². The summed E-state index contributed by atoms with van der Waals surface area (Å²) < 4.78 is 5.04. The van der Waals surface area contributed by atoms with E-state index in [4.69, 9.17) is 4.42 Å². The maximum atomic E-state index is 5.04. The number of nitrogens with zero attached hydrogens (tertiary/aromatic N) is 3. The maximum Gasteiger partial charge on any atom is 0.134 e. The Balaban J connectivity index is 1.65. The molecule has 1 aliphatic heterocycles. The molecule has 5 heteroatoms. The van der Waals surface area contributed by atoms with Gasteiger partial charge in [0, 0.05) is 31.3 Å². The van der Waals surface area contributed by atoms with Crippen LogP contribution in [0, 0.1) is 0 Å². The zero-order chi connectivity index (χ0) is 12.9. The summed E-state index contributed by atoms with van der Waals surface area (Å²) in [5, 5.41) is 3.29. The van der Waals surface area contributed by atoms with Crippen molar-refractivity contribution in [2.75, 3.05) is 23.3 Å². The Morgan fingerprint density at radius 3 is 2.89 bits per heavy atom. The van der Waals surface area contributed by atoms with E-state index in [1.807, 2.05) is 12.1 Å². The summed E-state index contributed by atoms with van der Waals surface area (Å²) in [6, 6.07) is 3.96. The van der Waals surface area contributed by atoms with E-state index in [2.05, 4.69) is 20.2 Å². The molecule has 3 heterocycles. The van der Waals surface area contributed by atoms with Crippen molar-refractivity contribution < 1.29 is 4.42 Å². The molecule has 0 aromatic carbocycles. The van der Waals surface area contributed by atoms with Crippen LogP contribution in [0.15, 0.2) is 35.4 Å². The quantitative estimate of drug-likeness (QED) is 0.913. The molecule has 0 saturated carbocycles. The first-order chi connectivity index (χ1) is 9.42. The molecule has 0 aliphatic carbocycles. The molecule has 1 aliphatic rings. The van der Waals surface area contributed by atoms with Gasteiger partial charge in [-0.05, 0) is 25.3 Å². The summed E-state index contributed by atoms with van der Waals surface area (Å²) in [6.07, 6.45) is 8.87. The molecule has 0 radical (unpaired) electrons. The Morgan fingerprint density at radius 2 is 2.11 bits per heavy atom. The molecular weight excluding hydrogens is 240 g/mol. The minimum atomic E-state index is 0.715. The molecule has 0 spiro atoms. The zero-order valence-corrected chi connectivity index (χ0v) is 10.9. The van der Waals surface area contributed by atoms with Crippen LogP contribution in [0.25, 0.3) is 0 Å². The minimum absolute atomic E-state index is 0.715. The van der Waals surface area contributed by atoms with E-state index in [1.165, 1.54) is 19.3 Å². The summed E-state index contributed by atoms with van der Waals surface area (Å²) in [6.45, 7) is 2.91. The molecular formula is C14H18N4O. The first kappa shape index (κ1) is 12.0. The van der Waals surface area contributed by atoms with Gasteiger partial charge in [0.2, 0.25) is 0 Å². The Morgan fingerprint density at radius 1 is 1.21 bits per heavy atom. The normalized spacial score (nSPS) is 15.5. The summed E-state index contributed by atoms with van der Waals surface area (Å²) >= 11 is 0. The number of rotatable bonds is 4. The molecule has 1 saturated heterocycles. The highest BCUT2D eigenvalue weighted by molar-refractivity contribution is 5.48. The van der Waals surface area contributed by atoms with Gasteiger partial charge in [-0.15, -0.1) is 0 Å². The highest BCUT2D eigenvalue weighted by Crippen LogP contribution is 2.19. The molecule has 100 valence electrons. The smallest absolute Gasteiger partial charge is 0.134 e. The Hall–Kier alpha value is -2.04. The molecule has 5 nitrogen and oxygen atoms in total. The van der Waals surface area contributed by atoms with Crippen LogP contribution in [0.2, 0.25) is 0 Å². The largest absolute Gasteiger partial charge is 0.472 e. The van der Waals surface area contributed by atoms with E-state index in [9.17, 15) is 0 Å². The maximum absolute atomic E-state index is 5.04. The molecule has 0 unspecified atom stereocenters. The molecule has 2 aromatic rings. The van der Waals surface area contributed by atoms with Gasteiger partial charge >= 0.3 is 0 Å². The number of hydrogen-bond donors (Lipinski definition) is 1. The number of nitrogens with one attached hydrogen (secondary N) is 1. The van der Waals surface area contributed by atoms with E-state index < -0.39 is 0 Å². The number of aromatic nitrogens is 2. The van der Waals surface area contributed by atoms with Crippen LogP contribution in [0.5, 0.6) is 0 Å². The monoisotopic (exact) mass is 258 g/mol. The van der Waals surface area contributed by atoms with E-state index in [-0.39, 0.29) is 0 Å². The fourth-order valence-corrected chi connectivity index (χ4v) is 2.33. The van der Waals surface area contributed by atoms with Crippen LogP contribution in [0.4, 0.5) is 11.6 Å². The third-order valence-corrected chi connectivity index (χ3v) is 3.39. The predicted octanol–water partition coefficient (Wildman–Crippen LogP) is 2.67. The summed E-state index contributed by atoms with van der Waals surface area (Å²) in [7, 11) is 0. The van der Waals surface area contributed by atoms with Gasteiger partial charge in [0.05, 0.1) is 12.5 Å². The lowest BCUT2D eigenvalue weighted by Crippen LogP contribution is -2.30. The van der Waals surface area contributed by atoms with E-state index in [0.717, 1.165) is 30.3 Å². The highest BCUT2D eigenvalue weighted by atomic mass is 16.3. The van der Waals surface area contributed by atoms with Gasteiger partial charge in [-0.25, -0.2) is 9.97 Å². The third-order valence-electron chi connectivity index (χ3n) is 3.39. The van der Waals surface area contributed by atoms with Gasteiger partial charge in [-0.2, -0.15) is 0 Å². The molecule has 3 rings (SSSR count). The third kappa shape index (κ3) is 3.05. The minimum Gasteiger partial charge on any atom is -0.472 e. The van der Waals surface area contributed by atoms with E-state index in [1.54, 1.807) is 18.9 Å². The molecule has 1 N–H and O–H groups in total. The first-order valence-corrected chi connectivity index (χ1v) is 6.74. The van der Waals surface area contributed by atoms with Crippen molar-refractivity contribution in [3.8, 4) is 0 Å². The van der Waals surface area contributed by atoms with Crippen molar-refractivity contribution in [3.63, 3.8) is 0 Å². The molecule has 2 aromatic heterocycles. The van der Waals surface area contributed by atoms with Crippen LogP contribution in [0.1, 0.15) is 24.8 Å². The van der Waals surface area contributed by atoms with Crippen molar-refractivity contribution in [3.05, 3.63) is 36.5 Å². The van der Waals surface area contributed by atoms with Crippen LogP contribution < -0.4 is 10.2 Å². The lowest BCUT2D eigenvalue weighted by atomic mass is 10.1. The number of furan rings is 1. The van der Waals surface area contributed by atoms with Crippen LogP contribution in [-0.2, 0) is 6.54 Å². The number of piperidine rings is 1. The number of anilines is 2. The number of hydrogen-bond acceptors (Lipinski definition) is 5. The van der Waals surface area contributed by atoms with Crippen molar-refractivity contribution in [2.24, 2.45) is 0 Å². The van der Waals surface area contributed by atoms with Gasteiger partial charge in [0.25, 0.3) is 0 Å². The molecule has 0 bridgehead atoms. The SMILES string of the molecule is c1nc(NCc2ccoc2)cc(N2CCCCC2)n1. The van der Waals surface area contributed by atoms with Crippen LogP contribution in [-0.4, -0.2) is 23.1 Å². The average molecular weight is 258 g/mol. The Labute approximate surface area is 112 Å². The zero-order valence-electron chi connectivity index (χ0n) is 10.9. The van der Waals surface area contributed by atoms with Gasteiger partial charge in [-0.3, -0.25) is 0 Å². The second kappa shape index (κ2) is 5.73. The molecule has 19 heavy (non-hydrogen) atoms. The van der Waals surface area contributed by atoms with Crippen molar-refractivity contribution in [1.82, 2.24) is 9.97 Å². The van der Waals surface area contributed by atoms with Gasteiger partial charge < -0.3 is 14.6 Å². The Bertz CT molecular complexity index is 506. The summed E-state index contributed by atoms with van der Waals surface area (Å²) in [5.74, 6) is 1.88. The standard InChI is InChI=1S/C14H18N4O/c1-2-5-18(6-3-1)14-8-13(16-11-17-14)15-9-12-4-7-19-10-12/h4,7-8,10-11H,1-3,5-6,9H2,(H,15,16,17). The second-order valence-corrected chi connectivity index (χ2v) is 4.79. The van der Waals surface area contributed by atoms with Gasteiger partial charge in [-0.1, -0.05) is 0 Å². The summed E-state index contributed by atoms with van der Waals surface area (Å²) in [5.41, 5.74) is 1.11. The van der Waals surface area contributed by atoms with Gasteiger partial charge in [0.1, 0.15) is 18.0 Å². The van der Waals surface area contributed by atoms with Gasteiger partial charge in [0.15, 0.2) is 0 Å². The van der Waals surface area contributed by atoms with Crippen LogP contribution in [0.3, 0.4) is 0 Å². The van der Waals surface area contributed by atoms with Crippen molar-refractivity contribution >= 4 is 11.6 Å². The fourth-order valence-electron chi connectivity index (χ4n) is 2.33. The lowest BCUT2D eigenvalue weighted by Gasteiger charge is -2.27. The Kier molecular flexibility index (Phi) is 3.63. The summed E-state index contributed by atoms with van der Waals surface area (Å²) in [4.78, 5) is 10.9. The second-order valence-electron chi connectivity index (χ2n) is 4.79. The molecule has 0 amide bonds. The lowest BCUT2D eigenvalue weighted by molar-refractivity contribution is 0.564. The fraction of sp³-hybridized carbons (Fsp3) is 0.429. The molecule has 0 atom stereocenters. The van der Waals surface area contributed by atoms with Crippen LogP contribution >= 0.6 is 0 Å². The van der Waals surface area contributed by atoms with Crippen molar-refractivity contribution in [1.29, 1.82) is 0 Å². The highest BCUT2D eigenvalue weighted by Gasteiger charge is 2.12. The predicted molar refractivity (Wildman–Crippen MR) is 74.1 cm³/mol.